The Morgan fingerprint density at radius 2 is 1.85 bits per heavy atom. The molecule has 0 spiro atoms. The lowest BCUT2D eigenvalue weighted by Gasteiger charge is -2.35. The second kappa shape index (κ2) is 8.44. The normalized spacial score (nSPS) is 16.9. The van der Waals surface area contributed by atoms with Crippen LogP contribution in [0.5, 0.6) is 0 Å². The van der Waals surface area contributed by atoms with E-state index in [4.69, 9.17) is 11.6 Å². The van der Waals surface area contributed by atoms with E-state index in [1.54, 1.807) is 18.3 Å². The van der Waals surface area contributed by atoms with Crippen molar-refractivity contribution in [1.29, 1.82) is 0 Å². The summed E-state index contributed by atoms with van der Waals surface area (Å²) in [5, 5.41) is 3.89. The molecule has 1 aliphatic heterocycles. The zero-order valence-electron chi connectivity index (χ0n) is 18.4. The molecule has 7 nitrogen and oxygen atoms in total. The van der Waals surface area contributed by atoms with Crippen molar-refractivity contribution in [2.75, 3.05) is 30.8 Å². The standard InChI is InChI=1S/C24H24ClN5O2S/c1-29-21-10-7-17(14-19(21)28-24(29)25)16-5-8-18(9-6-16)30-13-12-26-20(15-30)23-22(33(2,31)32)4-3-11-27-23/h3-11,14,20,26H,12-13,15H2,1-2H3. The van der Waals surface area contributed by atoms with Gasteiger partial charge in [-0.2, -0.15) is 0 Å². The van der Waals surface area contributed by atoms with Gasteiger partial charge in [-0.05, 0) is 59.1 Å². The average molecular weight is 482 g/mol. The smallest absolute Gasteiger partial charge is 0.203 e. The summed E-state index contributed by atoms with van der Waals surface area (Å²) in [7, 11) is -1.45. The molecule has 1 atom stereocenters. The largest absolute Gasteiger partial charge is 0.368 e. The number of nitrogens with one attached hydrogen (secondary N) is 1. The molecule has 1 fully saturated rings. The molecule has 0 bridgehead atoms. The molecule has 2 aromatic heterocycles. The van der Waals surface area contributed by atoms with Crippen molar-refractivity contribution in [2.45, 2.75) is 10.9 Å². The van der Waals surface area contributed by atoms with Crippen molar-refractivity contribution in [3.63, 3.8) is 0 Å². The van der Waals surface area contributed by atoms with E-state index >= 15 is 0 Å². The molecular weight excluding hydrogens is 458 g/mol. The van der Waals surface area contributed by atoms with E-state index in [9.17, 15) is 8.42 Å². The van der Waals surface area contributed by atoms with Gasteiger partial charge in [0.05, 0.1) is 27.7 Å². The van der Waals surface area contributed by atoms with Crippen LogP contribution in [0.2, 0.25) is 5.28 Å². The van der Waals surface area contributed by atoms with Gasteiger partial charge < -0.3 is 14.8 Å². The van der Waals surface area contributed by atoms with Gasteiger partial charge in [-0.1, -0.05) is 18.2 Å². The first kappa shape index (κ1) is 21.9. The van der Waals surface area contributed by atoms with Crippen molar-refractivity contribution in [3.05, 3.63) is 71.8 Å². The fourth-order valence-corrected chi connectivity index (χ4v) is 5.44. The minimum Gasteiger partial charge on any atom is -0.368 e. The number of aromatic nitrogens is 3. The maximum atomic E-state index is 12.2. The van der Waals surface area contributed by atoms with Gasteiger partial charge in [0.2, 0.25) is 5.28 Å². The highest BCUT2D eigenvalue weighted by Crippen LogP contribution is 2.29. The van der Waals surface area contributed by atoms with Crippen LogP contribution < -0.4 is 10.2 Å². The fraction of sp³-hybridized carbons (Fsp3) is 0.250. The molecule has 3 heterocycles. The molecule has 1 saturated heterocycles. The summed E-state index contributed by atoms with van der Waals surface area (Å²) >= 11 is 6.15. The number of hydrogen-bond acceptors (Lipinski definition) is 6. The number of rotatable bonds is 4. The zero-order valence-corrected chi connectivity index (χ0v) is 19.9. The Morgan fingerprint density at radius 1 is 1.09 bits per heavy atom. The Morgan fingerprint density at radius 3 is 2.61 bits per heavy atom. The van der Waals surface area contributed by atoms with E-state index in [2.05, 4.69) is 50.5 Å². The minimum absolute atomic E-state index is 0.166. The van der Waals surface area contributed by atoms with Gasteiger partial charge in [0.15, 0.2) is 9.84 Å². The summed E-state index contributed by atoms with van der Waals surface area (Å²) in [6.07, 6.45) is 2.87. The average Bonchev–Trinajstić information content (AvgIpc) is 3.11. The van der Waals surface area contributed by atoms with Crippen LogP contribution in [0.15, 0.2) is 65.7 Å². The van der Waals surface area contributed by atoms with Crippen molar-refractivity contribution in [3.8, 4) is 11.1 Å². The third kappa shape index (κ3) is 4.21. The molecule has 0 amide bonds. The molecule has 0 aliphatic carbocycles. The van der Waals surface area contributed by atoms with Gasteiger partial charge in [-0.15, -0.1) is 0 Å². The number of imidazole rings is 1. The third-order valence-electron chi connectivity index (χ3n) is 6.10. The number of pyridine rings is 1. The summed E-state index contributed by atoms with van der Waals surface area (Å²) in [6.45, 7) is 2.20. The van der Waals surface area contributed by atoms with Gasteiger partial charge in [-0.3, -0.25) is 4.98 Å². The molecule has 9 heteroatoms. The number of piperazine rings is 1. The topological polar surface area (TPSA) is 80.1 Å². The summed E-state index contributed by atoms with van der Waals surface area (Å²) in [6, 6.07) is 17.7. The predicted molar refractivity (Wildman–Crippen MR) is 131 cm³/mol. The Labute approximate surface area is 198 Å². The molecule has 1 N–H and O–H groups in total. The van der Waals surface area contributed by atoms with Gasteiger partial charge in [0.25, 0.3) is 0 Å². The highest BCUT2D eigenvalue weighted by molar-refractivity contribution is 7.90. The number of fused-ring (bicyclic) bond motifs is 1. The van der Waals surface area contributed by atoms with Gasteiger partial charge in [-0.25, -0.2) is 13.4 Å². The van der Waals surface area contributed by atoms with E-state index < -0.39 is 9.84 Å². The van der Waals surface area contributed by atoms with Crippen LogP contribution in [0.4, 0.5) is 5.69 Å². The molecule has 5 rings (SSSR count). The highest BCUT2D eigenvalue weighted by Gasteiger charge is 2.27. The second-order valence-corrected chi connectivity index (χ2v) is 10.6. The van der Waals surface area contributed by atoms with Crippen LogP contribution in [0, 0.1) is 0 Å². The molecule has 33 heavy (non-hydrogen) atoms. The monoisotopic (exact) mass is 481 g/mol. The van der Waals surface area contributed by atoms with E-state index in [0.29, 0.717) is 17.5 Å². The van der Waals surface area contributed by atoms with E-state index in [0.717, 1.165) is 40.9 Å². The van der Waals surface area contributed by atoms with Crippen LogP contribution in [0.3, 0.4) is 0 Å². The van der Waals surface area contributed by atoms with E-state index in [1.165, 1.54) is 6.26 Å². The third-order valence-corrected chi connectivity index (χ3v) is 7.58. The van der Waals surface area contributed by atoms with Crippen molar-refractivity contribution < 1.29 is 8.42 Å². The first-order chi connectivity index (χ1) is 15.8. The van der Waals surface area contributed by atoms with Crippen molar-refractivity contribution >= 4 is 38.2 Å². The number of aryl methyl sites for hydroxylation is 1. The molecule has 0 saturated carbocycles. The lowest BCUT2D eigenvalue weighted by Crippen LogP contribution is -2.46. The maximum absolute atomic E-state index is 12.2. The van der Waals surface area contributed by atoms with Crippen LogP contribution >= 0.6 is 11.6 Å². The zero-order chi connectivity index (χ0) is 23.2. The number of benzene rings is 2. The maximum Gasteiger partial charge on any atom is 0.203 e. The molecule has 0 radical (unpaired) electrons. The molecule has 1 aliphatic rings. The second-order valence-electron chi connectivity index (χ2n) is 8.30. The molecule has 2 aromatic carbocycles. The Kier molecular flexibility index (Phi) is 5.60. The van der Waals surface area contributed by atoms with Gasteiger partial charge >= 0.3 is 0 Å². The van der Waals surface area contributed by atoms with Crippen LogP contribution in [-0.2, 0) is 16.9 Å². The number of hydrogen-bond donors (Lipinski definition) is 1. The molecule has 1 unspecified atom stereocenters. The number of halogens is 1. The summed E-state index contributed by atoms with van der Waals surface area (Å²) < 4.78 is 26.3. The minimum atomic E-state index is -3.35. The Balaban J connectivity index is 1.39. The van der Waals surface area contributed by atoms with Gasteiger partial charge in [0.1, 0.15) is 0 Å². The number of anilines is 1. The van der Waals surface area contributed by atoms with E-state index in [-0.39, 0.29) is 10.9 Å². The quantitative estimate of drug-likeness (QED) is 0.477. The van der Waals surface area contributed by atoms with E-state index in [1.807, 2.05) is 23.7 Å². The Hall–Kier alpha value is -2.94. The summed E-state index contributed by atoms with van der Waals surface area (Å²) in [5.74, 6) is 0. The van der Waals surface area contributed by atoms with Crippen molar-refractivity contribution in [2.24, 2.45) is 7.05 Å². The first-order valence-corrected chi connectivity index (χ1v) is 12.9. The molecule has 4 aromatic rings. The summed E-state index contributed by atoms with van der Waals surface area (Å²) in [4.78, 5) is 11.4. The molecule has 170 valence electrons. The van der Waals surface area contributed by atoms with Gasteiger partial charge in [0, 0.05) is 44.8 Å². The molecular formula is C24H24ClN5O2S. The van der Waals surface area contributed by atoms with Crippen molar-refractivity contribution in [1.82, 2.24) is 19.9 Å². The predicted octanol–water partition coefficient (Wildman–Crippen LogP) is 3.84. The highest BCUT2D eigenvalue weighted by atomic mass is 35.5. The van der Waals surface area contributed by atoms with Crippen LogP contribution in [0.25, 0.3) is 22.2 Å². The van der Waals surface area contributed by atoms with Crippen LogP contribution in [-0.4, -0.2) is 48.8 Å². The number of sulfone groups is 1. The lowest BCUT2D eigenvalue weighted by atomic mass is 10.0. The first-order valence-electron chi connectivity index (χ1n) is 10.7. The number of nitrogens with zero attached hydrogens (tertiary/aromatic N) is 4. The fourth-order valence-electron chi connectivity index (χ4n) is 4.36. The summed E-state index contributed by atoms with van der Waals surface area (Å²) in [5.41, 5.74) is 5.69. The lowest BCUT2D eigenvalue weighted by molar-refractivity contribution is 0.456. The van der Waals surface area contributed by atoms with Crippen LogP contribution in [0.1, 0.15) is 11.7 Å². The Bertz CT molecular complexity index is 1430. The SMILES string of the molecule is Cn1c(Cl)nc2cc(-c3ccc(N4CCNC(c5ncccc5S(C)(=O)=O)C4)cc3)ccc21.